The highest BCUT2D eigenvalue weighted by Crippen LogP contribution is 2.29. The first-order chi connectivity index (χ1) is 13.4. The predicted molar refractivity (Wildman–Crippen MR) is 110 cm³/mol. The molecule has 28 heavy (non-hydrogen) atoms. The van der Waals surface area contributed by atoms with Gasteiger partial charge in [-0.1, -0.05) is 40.0 Å². The van der Waals surface area contributed by atoms with E-state index in [4.69, 9.17) is 4.74 Å². The van der Waals surface area contributed by atoms with Gasteiger partial charge in [-0.2, -0.15) is 5.26 Å². The van der Waals surface area contributed by atoms with Crippen molar-refractivity contribution in [3.05, 3.63) is 42.2 Å². The number of aryl methyl sites for hydroxylation is 1. The molecule has 0 radical (unpaired) electrons. The zero-order chi connectivity index (χ0) is 20.6. The molecule has 0 aliphatic rings. The molecule has 0 amide bonds. The van der Waals surface area contributed by atoms with E-state index < -0.39 is 11.4 Å². The standard InChI is InChI=1S/C23H29N3O2/c1-5-6-7-8-9-18-14-25-21(26-15-18)19-10-12-20(13-11-19)28-22(27)23(4,16-24)17(2)3/h10-15,17H,5-9H2,1-4H3. The summed E-state index contributed by atoms with van der Waals surface area (Å²) in [5.41, 5.74) is 0.827. The van der Waals surface area contributed by atoms with E-state index in [1.165, 1.54) is 19.3 Å². The number of nitriles is 1. The zero-order valence-corrected chi connectivity index (χ0v) is 17.2. The van der Waals surface area contributed by atoms with Crippen molar-refractivity contribution in [1.29, 1.82) is 5.26 Å². The van der Waals surface area contributed by atoms with Gasteiger partial charge in [0.25, 0.3) is 0 Å². The molecule has 1 unspecified atom stereocenters. The van der Waals surface area contributed by atoms with Gasteiger partial charge in [-0.05, 0) is 55.5 Å². The lowest BCUT2D eigenvalue weighted by Crippen LogP contribution is -2.35. The number of carbonyl (C=O) groups is 1. The number of carbonyl (C=O) groups excluding carboxylic acids is 1. The molecule has 0 saturated carbocycles. The highest BCUT2D eigenvalue weighted by molar-refractivity contribution is 5.82. The van der Waals surface area contributed by atoms with Crippen molar-refractivity contribution in [3.63, 3.8) is 0 Å². The molecule has 1 heterocycles. The summed E-state index contributed by atoms with van der Waals surface area (Å²) in [6.45, 7) is 7.47. The van der Waals surface area contributed by atoms with Crippen LogP contribution in [-0.2, 0) is 11.2 Å². The first kappa shape index (κ1) is 21.6. The van der Waals surface area contributed by atoms with Crippen LogP contribution in [0, 0.1) is 22.7 Å². The van der Waals surface area contributed by atoms with Crippen LogP contribution < -0.4 is 4.74 Å². The molecule has 5 nitrogen and oxygen atoms in total. The molecule has 1 atom stereocenters. The molecule has 1 aromatic heterocycles. The summed E-state index contributed by atoms with van der Waals surface area (Å²) in [7, 11) is 0. The minimum Gasteiger partial charge on any atom is -0.425 e. The molecule has 0 N–H and O–H groups in total. The van der Waals surface area contributed by atoms with Crippen LogP contribution in [0.3, 0.4) is 0 Å². The Balaban J connectivity index is 2.00. The molecule has 0 fully saturated rings. The van der Waals surface area contributed by atoms with Gasteiger partial charge in [0.2, 0.25) is 0 Å². The van der Waals surface area contributed by atoms with Crippen molar-refractivity contribution < 1.29 is 9.53 Å². The molecule has 2 rings (SSSR count). The number of unbranched alkanes of at least 4 members (excludes halogenated alkanes) is 3. The number of hydrogen-bond acceptors (Lipinski definition) is 5. The summed E-state index contributed by atoms with van der Waals surface area (Å²) < 4.78 is 5.40. The van der Waals surface area contributed by atoms with Gasteiger partial charge in [0.05, 0.1) is 6.07 Å². The van der Waals surface area contributed by atoms with E-state index in [2.05, 4.69) is 23.0 Å². The third-order valence-corrected chi connectivity index (χ3v) is 5.16. The van der Waals surface area contributed by atoms with Crippen LogP contribution in [0.25, 0.3) is 11.4 Å². The van der Waals surface area contributed by atoms with Crippen LogP contribution in [0.1, 0.15) is 58.9 Å². The maximum Gasteiger partial charge on any atom is 0.331 e. The lowest BCUT2D eigenvalue weighted by molar-refractivity contribution is -0.143. The van der Waals surface area contributed by atoms with Crippen LogP contribution in [0.5, 0.6) is 5.75 Å². The van der Waals surface area contributed by atoms with E-state index in [1.54, 1.807) is 19.1 Å². The smallest absolute Gasteiger partial charge is 0.331 e. The fourth-order valence-electron chi connectivity index (χ4n) is 2.68. The van der Waals surface area contributed by atoms with Gasteiger partial charge in [0.15, 0.2) is 11.2 Å². The molecular weight excluding hydrogens is 350 g/mol. The molecule has 1 aromatic carbocycles. The minimum atomic E-state index is -1.17. The van der Waals surface area contributed by atoms with Crippen LogP contribution in [-0.4, -0.2) is 15.9 Å². The van der Waals surface area contributed by atoms with Gasteiger partial charge in [0.1, 0.15) is 5.75 Å². The van der Waals surface area contributed by atoms with E-state index in [0.29, 0.717) is 11.6 Å². The molecule has 0 aliphatic carbocycles. The lowest BCUT2D eigenvalue weighted by atomic mass is 9.81. The van der Waals surface area contributed by atoms with Crippen molar-refractivity contribution in [3.8, 4) is 23.2 Å². The number of hydrogen-bond donors (Lipinski definition) is 0. The van der Waals surface area contributed by atoms with Gasteiger partial charge >= 0.3 is 5.97 Å². The second kappa shape index (κ2) is 9.98. The third-order valence-electron chi connectivity index (χ3n) is 5.16. The summed E-state index contributed by atoms with van der Waals surface area (Å²) in [4.78, 5) is 21.3. The molecule has 0 spiro atoms. The van der Waals surface area contributed by atoms with Gasteiger partial charge in [0, 0.05) is 18.0 Å². The Labute approximate surface area is 167 Å². The highest BCUT2D eigenvalue weighted by atomic mass is 16.5. The van der Waals surface area contributed by atoms with Crippen LogP contribution >= 0.6 is 0 Å². The molecule has 148 valence electrons. The molecule has 2 aromatic rings. The average Bonchev–Trinajstić information content (AvgIpc) is 2.71. The van der Waals surface area contributed by atoms with Gasteiger partial charge in [-0.15, -0.1) is 0 Å². The quantitative estimate of drug-likeness (QED) is 0.333. The Bertz CT molecular complexity index is 807. The van der Waals surface area contributed by atoms with Crippen molar-refractivity contribution in [2.75, 3.05) is 0 Å². The first-order valence-corrected chi connectivity index (χ1v) is 9.95. The second-order valence-electron chi connectivity index (χ2n) is 7.61. The maximum absolute atomic E-state index is 12.4. The Morgan fingerprint density at radius 2 is 1.79 bits per heavy atom. The average molecular weight is 380 g/mol. The second-order valence-corrected chi connectivity index (χ2v) is 7.61. The SMILES string of the molecule is CCCCCCc1cnc(-c2ccc(OC(=O)C(C)(C#N)C(C)C)cc2)nc1. The number of benzene rings is 1. The highest BCUT2D eigenvalue weighted by Gasteiger charge is 2.39. The summed E-state index contributed by atoms with van der Waals surface area (Å²) in [6, 6.07) is 9.11. The molecule has 5 heteroatoms. The Kier molecular flexibility index (Phi) is 7.69. The minimum absolute atomic E-state index is 0.141. The first-order valence-electron chi connectivity index (χ1n) is 9.95. The van der Waals surface area contributed by atoms with Gasteiger partial charge in [-0.3, -0.25) is 0 Å². The topological polar surface area (TPSA) is 75.9 Å². The molecule has 0 aliphatic heterocycles. The summed E-state index contributed by atoms with van der Waals surface area (Å²) in [5, 5.41) is 9.33. The number of ether oxygens (including phenoxy) is 1. The van der Waals surface area contributed by atoms with Crippen LogP contribution in [0.15, 0.2) is 36.7 Å². The zero-order valence-electron chi connectivity index (χ0n) is 17.2. The van der Waals surface area contributed by atoms with E-state index >= 15 is 0 Å². The number of aromatic nitrogens is 2. The third kappa shape index (κ3) is 5.39. The molecule has 0 saturated heterocycles. The van der Waals surface area contributed by atoms with Crippen LogP contribution in [0.4, 0.5) is 0 Å². The fourth-order valence-corrected chi connectivity index (χ4v) is 2.68. The summed E-state index contributed by atoms with van der Waals surface area (Å²) >= 11 is 0. The lowest BCUT2D eigenvalue weighted by Gasteiger charge is -2.23. The van der Waals surface area contributed by atoms with Crippen molar-refractivity contribution in [2.45, 2.75) is 59.8 Å². The van der Waals surface area contributed by atoms with Gasteiger partial charge < -0.3 is 4.74 Å². The number of rotatable bonds is 9. The van der Waals surface area contributed by atoms with E-state index in [0.717, 1.165) is 24.0 Å². The van der Waals surface area contributed by atoms with E-state index in [9.17, 15) is 10.1 Å². The normalized spacial score (nSPS) is 13.0. The monoisotopic (exact) mass is 379 g/mol. The van der Waals surface area contributed by atoms with E-state index in [1.807, 2.05) is 38.4 Å². The predicted octanol–water partition coefficient (Wildman–Crippen LogP) is 5.36. The van der Waals surface area contributed by atoms with Gasteiger partial charge in [-0.25, -0.2) is 14.8 Å². The van der Waals surface area contributed by atoms with Crippen molar-refractivity contribution in [2.24, 2.45) is 11.3 Å². The van der Waals surface area contributed by atoms with Crippen molar-refractivity contribution in [1.82, 2.24) is 9.97 Å². The summed E-state index contributed by atoms with van der Waals surface area (Å²) in [5.74, 6) is 0.363. The number of esters is 1. The van der Waals surface area contributed by atoms with Crippen LogP contribution in [0.2, 0.25) is 0 Å². The largest absolute Gasteiger partial charge is 0.425 e. The molecule has 0 bridgehead atoms. The summed E-state index contributed by atoms with van der Waals surface area (Å²) in [6.07, 6.45) is 9.65. The Hall–Kier alpha value is -2.74. The van der Waals surface area contributed by atoms with Crippen molar-refractivity contribution >= 4 is 5.97 Å². The fraction of sp³-hybridized carbons (Fsp3) is 0.478. The van der Waals surface area contributed by atoms with E-state index in [-0.39, 0.29) is 5.92 Å². The Morgan fingerprint density at radius 1 is 1.14 bits per heavy atom. The Morgan fingerprint density at radius 3 is 2.32 bits per heavy atom. The number of nitrogens with zero attached hydrogens (tertiary/aromatic N) is 3. The molecular formula is C23H29N3O2. The maximum atomic E-state index is 12.4.